The predicted molar refractivity (Wildman–Crippen MR) is 122 cm³/mol. The van der Waals surface area contributed by atoms with Crippen LogP contribution in [0.4, 0.5) is 0 Å². The standard InChI is InChI=1S/C26H28N2O4/c1-4-31-17-10-11-19-18(12-17)21(22(32-19)16-8-6-5-7-9-16)23(29)28-13-20-25(2,3)14-26(20,15-28)24(27)30/h5-12,20H,4,13-15H2,1-3H3,(H2,27,30)/t20-,26+/m1/s1. The third-order valence-corrected chi connectivity index (χ3v) is 7.26. The number of hydrogen-bond acceptors (Lipinski definition) is 4. The summed E-state index contributed by atoms with van der Waals surface area (Å²) in [5.74, 6) is 0.837. The predicted octanol–water partition coefficient (Wildman–Crippen LogP) is 4.47. The van der Waals surface area contributed by atoms with Crippen molar-refractivity contribution < 1.29 is 18.7 Å². The van der Waals surface area contributed by atoms with Crippen LogP contribution < -0.4 is 10.5 Å². The molecule has 1 aromatic heterocycles. The van der Waals surface area contributed by atoms with Gasteiger partial charge in [0.2, 0.25) is 5.91 Å². The number of ether oxygens (including phenoxy) is 1. The van der Waals surface area contributed by atoms with Gasteiger partial charge in [0.25, 0.3) is 5.91 Å². The second-order valence-corrected chi connectivity index (χ2v) is 9.69. The minimum atomic E-state index is -0.637. The average molecular weight is 433 g/mol. The van der Waals surface area contributed by atoms with Gasteiger partial charge >= 0.3 is 0 Å². The van der Waals surface area contributed by atoms with Crippen molar-refractivity contribution in [1.82, 2.24) is 4.90 Å². The number of nitrogens with zero attached hydrogens (tertiary/aromatic N) is 1. The van der Waals surface area contributed by atoms with Gasteiger partial charge in [-0.15, -0.1) is 0 Å². The van der Waals surface area contributed by atoms with Crippen LogP contribution in [0.25, 0.3) is 22.3 Å². The second kappa shape index (κ2) is 7.12. The molecule has 1 saturated carbocycles. The zero-order chi connectivity index (χ0) is 22.7. The van der Waals surface area contributed by atoms with E-state index in [0.29, 0.717) is 54.2 Å². The number of carbonyl (C=O) groups excluding carboxylic acids is 2. The normalized spacial score (nSPS) is 23.6. The molecule has 166 valence electrons. The van der Waals surface area contributed by atoms with Crippen molar-refractivity contribution in [3.05, 3.63) is 54.1 Å². The van der Waals surface area contributed by atoms with E-state index in [2.05, 4.69) is 13.8 Å². The van der Waals surface area contributed by atoms with E-state index in [-0.39, 0.29) is 23.1 Å². The quantitative estimate of drug-likeness (QED) is 0.644. The van der Waals surface area contributed by atoms with E-state index in [1.165, 1.54) is 0 Å². The summed E-state index contributed by atoms with van der Waals surface area (Å²) in [5.41, 5.74) is 7.14. The number of fused-ring (bicyclic) bond motifs is 2. The number of carbonyl (C=O) groups is 2. The lowest BCUT2D eigenvalue weighted by molar-refractivity contribution is -0.148. The van der Waals surface area contributed by atoms with Crippen molar-refractivity contribution >= 4 is 22.8 Å². The van der Waals surface area contributed by atoms with E-state index in [4.69, 9.17) is 14.9 Å². The fourth-order valence-corrected chi connectivity index (χ4v) is 5.88. The molecule has 2 fully saturated rings. The van der Waals surface area contributed by atoms with E-state index in [9.17, 15) is 9.59 Å². The van der Waals surface area contributed by atoms with E-state index >= 15 is 0 Å². The largest absolute Gasteiger partial charge is 0.494 e. The molecule has 2 heterocycles. The molecule has 6 nitrogen and oxygen atoms in total. The Morgan fingerprint density at radius 1 is 1.19 bits per heavy atom. The topological polar surface area (TPSA) is 85.8 Å². The van der Waals surface area contributed by atoms with Gasteiger partial charge in [0.05, 0.1) is 17.6 Å². The van der Waals surface area contributed by atoms with Gasteiger partial charge in [-0.1, -0.05) is 44.2 Å². The van der Waals surface area contributed by atoms with Crippen molar-refractivity contribution in [2.45, 2.75) is 27.2 Å². The average Bonchev–Trinajstić information content (AvgIpc) is 3.31. The minimum Gasteiger partial charge on any atom is -0.494 e. The molecular weight excluding hydrogens is 404 g/mol. The van der Waals surface area contributed by atoms with Gasteiger partial charge in [0, 0.05) is 24.0 Å². The van der Waals surface area contributed by atoms with Crippen LogP contribution in [0, 0.1) is 16.7 Å². The lowest BCUT2D eigenvalue weighted by Crippen LogP contribution is -2.59. The molecular formula is C26H28N2O4. The Morgan fingerprint density at radius 2 is 1.94 bits per heavy atom. The first kappa shape index (κ1) is 20.6. The van der Waals surface area contributed by atoms with Gasteiger partial charge < -0.3 is 19.8 Å². The molecule has 0 radical (unpaired) electrons. The van der Waals surface area contributed by atoms with Crippen LogP contribution in [0.5, 0.6) is 5.75 Å². The fourth-order valence-electron chi connectivity index (χ4n) is 5.88. The van der Waals surface area contributed by atoms with Crippen molar-refractivity contribution in [3.63, 3.8) is 0 Å². The zero-order valence-electron chi connectivity index (χ0n) is 18.7. The number of rotatable bonds is 5. The van der Waals surface area contributed by atoms with Crippen LogP contribution >= 0.6 is 0 Å². The molecule has 2 N–H and O–H groups in total. The maximum atomic E-state index is 14.0. The Kier molecular flexibility index (Phi) is 4.59. The summed E-state index contributed by atoms with van der Waals surface area (Å²) in [6.45, 7) is 7.60. The second-order valence-electron chi connectivity index (χ2n) is 9.69. The van der Waals surface area contributed by atoms with Crippen molar-refractivity contribution in [3.8, 4) is 17.1 Å². The van der Waals surface area contributed by atoms with Crippen molar-refractivity contribution in [2.75, 3.05) is 19.7 Å². The molecule has 6 heteroatoms. The molecule has 2 atom stereocenters. The van der Waals surface area contributed by atoms with Crippen molar-refractivity contribution in [1.29, 1.82) is 0 Å². The Labute approximate surface area is 187 Å². The van der Waals surface area contributed by atoms with Crippen LogP contribution in [0.2, 0.25) is 0 Å². The van der Waals surface area contributed by atoms with Crippen molar-refractivity contribution in [2.24, 2.45) is 22.5 Å². The summed E-state index contributed by atoms with van der Waals surface area (Å²) in [7, 11) is 0. The fraction of sp³-hybridized carbons (Fsp3) is 0.385. The molecule has 1 saturated heterocycles. The Balaban J connectivity index is 1.62. The summed E-state index contributed by atoms with van der Waals surface area (Å²) >= 11 is 0. The van der Waals surface area contributed by atoms with Crippen LogP contribution in [-0.2, 0) is 4.79 Å². The lowest BCUT2D eigenvalue weighted by Gasteiger charge is -2.54. The number of benzene rings is 2. The van der Waals surface area contributed by atoms with Crippen LogP contribution in [-0.4, -0.2) is 36.4 Å². The van der Waals surface area contributed by atoms with E-state index in [1.54, 1.807) is 4.90 Å². The summed E-state index contributed by atoms with van der Waals surface area (Å²) in [6.07, 6.45) is 0.704. The molecule has 0 unspecified atom stereocenters. The highest BCUT2D eigenvalue weighted by molar-refractivity contribution is 6.11. The third-order valence-electron chi connectivity index (χ3n) is 7.26. The molecule has 2 amide bonds. The molecule has 2 aliphatic rings. The zero-order valence-corrected chi connectivity index (χ0v) is 18.7. The molecule has 1 aliphatic heterocycles. The highest BCUT2D eigenvalue weighted by Gasteiger charge is 2.66. The summed E-state index contributed by atoms with van der Waals surface area (Å²) in [5, 5.41) is 0.714. The lowest BCUT2D eigenvalue weighted by atomic mass is 9.48. The monoisotopic (exact) mass is 432 g/mol. The summed E-state index contributed by atoms with van der Waals surface area (Å²) < 4.78 is 11.9. The number of likely N-dealkylation sites (tertiary alicyclic amines) is 1. The van der Waals surface area contributed by atoms with Gasteiger partial charge in [0.1, 0.15) is 17.1 Å². The van der Waals surface area contributed by atoms with Crippen LogP contribution in [0.1, 0.15) is 37.6 Å². The maximum absolute atomic E-state index is 14.0. The summed E-state index contributed by atoms with van der Waals surface area (Å²) in [6, 6.07) is 15.2. The number of amides is 2. The molecule has 0 spiro atoms. The molecule has 5 rings (SSSR count). The third kappa shape index (κ3) is 2.93. The van der Waals surface area contributed by atoms with Gasteiger partial charge in [-0.05, 0) is 42.9 Å². The van der Waals surface area contributed by atoms with E-state index in [0.717, 1.165) is 5.56 Å². The van der Waals surface area contributed by atoms with Crippen LogP contribution in [0.15, 0.2) is 52.9 Å². The highest BCUT2D eigenvalue weighted by atomic mass is 16.5. The Bertz CT molecular complexity index is 1210. The number of hydrogen-bond donors (Lipinski definition) is 1. The number of primary amides is 1. The molecule has 2 aromatic carbocycles. The number of nitrogens with two attached hydrogens (primary N) is 1. The van der Waals surface area contributed by atoms with E-state index < -0.39 is 5.41 Å². The smallest absolute Gasteiger partial charge is 0.258 e. The van der Waals surface area contributed by atoms with Crippen LogP contribution in [0.3, 0.4) is 0 Å². The van der Waals surface area contributed by atoms with E-state index in [1.807, 2.05) is 55.5 Å². The molecule has 1 aliphatic carbocycles. The Morgan fingerprint density at radius 3 is 2.56 bits per heavy atom. The molecule has 3 aromatic rings. The van der Waals surface area contributed by atoms with Gasteiger partial charge in [0.15, 0.2) is 0 Å². The first-order valence-electron chi connectivity index (χ1n) is 11.1. The highest BCUT2D eigenvalue weighted by Crippen LogP contribution is 2.62. The number of furan rings is 1. The first-order valence-corrected chi connectivity index (χ1v) is 11.1. The molecule has 32 heavy (non-hydrogen) atoms. The minimum absolute atomic E-state index is 0.0209. The summed E-state index contributed by atoms with van der Waals surface area (Å²) in [4.78, 5) is 28.1. The Hall–Kier alpha value is -3.28. The first-order chi connectivity index (χ1) is 15.3. The van der Waals surface area contributed by atoms with Gasteiger partial charge in [-0.25, -0.2) is 0 Å². The SMILES string of the molecule is CCOc1ccc2oc(-c3ccccc3)c(C(=O)N3C[C@@H]4C(C)(C)C[C@]4(C(N)=O)C3)c2c1. The van der Waals surface area contributed by atoms with Gasteiger partial charge in [-0.2, -0.15) is 0 Å². The maximum Gasteiger partial charge on any atom is 0.258 e. The molecule has 0 bridgehead atoms. The van der Waals surface area contributed by atoms with Gasteiger partial charge in [-0.3, -0.25) is 9.59 Å².